The first-order valence-electron chi connectivity index (χ1n) is 11.9. The van der Waals surface area contributed by atoms with E-state index < -0.39 is 0 Å². The summed E-state index contributed by atoms with van der Waals surface area (Å²) in [5.41, 5.74) is 10.2. The molecule has 4 aromatic rings. The highest BCUT2D eigenvalue weighted by atomic mass is 35.5. The quantitative estimate of drug-likeness (QED) is 0.376. The molecule has 0 aliphatic carbocycles. The summed E-state index contributed by atoms with van der Waals surface area (Å²) in [6, 6.07) is 16.4. The monoisotopic (exact) mass is 492 g/mol. The van der Waals surface area contributed by atoms with Gasteiger partial charge in [-0.25, -0.2) is 14.6 Å². The molecule has 2 aliphatic heterocycles. The zero-order valence-electron chi connectivity index (χ0n) is 18.7. The van der Waals surface area contributed by atoms with Crippen molar-refractivity contribution in [2.24, 2.45) is 11.7 Å². The first-order chi connectivity index (χ1) is 16.6. The van der Waals surface area contributed by atoms with Gasteiger partial charge in [-0.05, 0) is 68.8 Å². The lowest BCUT2D eigenvalue weighted by Crippen LogP contribution is -2.44. The third kappa shape index (κ3) is 3.65. The van der Waals surface area contributed by atoms with Crippen molar-refractivity contribution >= 4 is 40.1 Å². The second kappa shape index (κ2) is 8.84. The first kappa shape index (κ1) is 21.8. The van der Waals surface area contributed by atoms with Crippen molar-refractivity contribution in [3.8, 4) is 16.9 Å². The van der Waals surface area contributed by atoms with Gasteiger partial charge in [0.2, 0.25) is 0 Å². The Balaban J connectivity index is 1.54. The number of hydrogen-bond donors (Lipinski definition) is 1. The molecule has 2 atom stereocenters. The number of aromatic nitrogens is 4. The molecule has 0 radical (unpaired) electrons. The van der Waals surface area contributed by atoms with Crippen molar-refractivity contribution in [3.05, 3.63) is 64.9 Å². The Labute approximate surface area is 208 Å². The Bertz CT molecular complexity index is 1320. The predicted octanol–water partition coefficient (Wildman–Crippen LogP) is 5.89. The SMILES string of the molecule is NCCC1CC2CCC(C1)N2c1ncnc2c(-c3ccc(Cl)cc3)n(-c3ccccc3Cl)nc12. The number of fused-ring (bicyclic) bond motifs is 3. The zero-order valence-corrected chi connectivity index (χ0v) is 20.3. The zero-order chi connectivity index (χ0) is 23.2. The van der Waals surface area contributed by atoms with E-state index in [9.17, 15) is 0 Å². The molecule has 34 heavy (non-hydrogen) atoms. The third-order valence-corrected chi connectivity index (χ3v) is 7.86. The second-order valence-corrected chi connectivity index (χ2v) is 10.2. The van der Waals surface area contributed by atoms with Gasteiger partial charge in [-0.2, -0.15) is 5.10 Å². The van der Waals surface area contributed by atoms with E-state index in [1.807, 2.05) is 53.2 Å². The van der Waals surface area contributed by atoms with Crippen LogP contribution in [0.4, 0.5) is 5.82 Å². The van der Waals surface area contributed by atoms with Gasteiger partial charge in [-0.1, -0.05) is 47.5 Å². The molecule has 174 valence electrons. The second-order valence-electron chi connectivity index (χ2n) is 9.32. The van der Waals surface area contributed by atoms with Crippen molar-refractivity contribution in [2.45, 2.75) is 44.2 Å². The van der Waals surface area contributed by atoms with Crippen molar-refractivity contribution in [1.29, 1.82) is 0 Å². The Morgan fingerprint density at radius 2 is 1.65 bits per heavy atom. The normalized spacial score (nSPS) is 22.0. The van der Waals surface area contributed by atoms with E-state index in [-0.39, 0.29) is 0 Å². The highest BCUT2D eigenvalue weighted by molar-refractivity contribution is 6.32. The smallest absolute Gasteiger partial charge is 0.161 e. The minimum atomic E-state index is 0.470. The van der Waals surface area contributed by atoms with Gasteiger partial charge in [-0.3, -0.25) is 0 Å². The molecule has 2 unspecified atom stereocenters. The van der Waals surface area contributed by atoms with Crippen LogP contribution in [0.5, 0.6) is 0 Å². The van der Waals surface area contributed by atoms with Crippen molar-refractivity contribution in [1.82, 2.24) is 19.7 Å². The van der Waals surface area contributed by atoms with Crippen LogP contribution < -0.4 is 10.6 Å². The predicted molar refractivity (Wildman–Crippen MR) is 138 cm³/mol. The fourth-order valence-corrected chi connectivity index (χ4v) is 6.19. The van der Waals surface area contributed by atoms with E-state index in [0.29, 0.717) is 28.0 Å². The minimum Gasteiger partial charge on any atom is -0.349 e. The summed E-state index contributed by atoms with van der Waals surface area (Å²) in [5, 5.41) is 6.39. The van der Waals surface area contributed by atoms with Gasteiger partial charge in [0.15, 0.2) is 11.3 Å². The number of nitrogens with zero attached hydrogens (tertiary/aromatic N) is 5. The average Bonchev–Trinajstić information content (AvgIpc) is 3.35. The van der Waals surface area contributed by atoms with Gasteiger partial charge in [0.1, 0.15) is 17.5 Å². The van der Waals surface area contributed by atoms with Crippen molar-refractivity contribution in [2.75, 3.05) is 11.4 Å². The van der Waals surface area contributed by atoms with Gasteiger partial charge in [0, 0.05) is 22.7 Å². The molecule has 6 nitrogen and oxygen atoms in total. The Hall–Kier alpha value is -2.67. The molecule has 8 heteroatoms. The molecule has 2 aliphatic rings. The number of rotatable bonds is 5. The molecule has 2 aromatic heterocycles. The minimum absolute atomic E-state index is 0.470. The summed E-state index contributed by atoms with van der Waals surface area (Å²) in [5.74, 6) is 1.62. The molecular formula is C26H26Cl2N6. The summed E-state index contributed by atoms with van der Waals surface area (Å²) >= 11 is 12.8. The Morgan fingerprint density at radius 1 is 0.912 bits per heavy atom. The van der Waals surface area contributed by atoms with E-state index in [0.717, 1.165) is 59.6 Å². The number of piperidine rings is 1. The van der Waals surface area contributed by atoms with Crippen LogP contribution in [-0.2, 0) is 0 Å². The molecular weight excluding hydrogens is 467 g/mol. The number of hydrogen-bond acceptors (Lipinski definition) is 5. The van der Waals surface area contributed by atoms with Crippen LogP contribution >= 0.6 is 23.2 Å². The van der Waals surface area contributed by atoms with Crippen molar-refractivity contribution in [3.63, 3.8) is 0 Å². The van der Waals surface area contributed by atoms with Crippen LogP contribution in [0.3, 0.4) is 0 Å². The third-order valence-electron chi connectivity index (χ3n) is 7.29. The molecule has 2 bridgehead atoms. The fraction of sp³-hybridized carbons (Fsp3) is 0.346. The molecule has 0 spiro atoms. The van der Waals surface area contributed by atoms with Gasteiger partial charge in [-0.15, -0.1) is 0 Å². The van der Waals surface area contributed by atoms with Gasteiger partial charge in [0.25, 0.3) is 0 Å². The van der Waals surface area contributed by atoms with Crippen LogP contribution in [0.2, 0.25) is 10.0 Å². The highest BCUT2D eigenvalue weighted by Gasteiger charge is 2.42. The van der Waals surface area contributed by atoms with E-state index in [1.165, 1.54) is 12.8 Å². The van der Waals surface area contributed by atoms with Crippen LogP contribution in [0.25, 0.3) is 28.0 Å². The maximum atomic E-state index is 6.62. The van der Waals surface area contributed by atoms with E-state index >= 15 is 0 Å². The molecule has 2 aromatic carbocycles. The lowest BCUT2D eigenvalue weighted by molar-refractivity contribution is 0.325. The van der Waals surface area contributed by atoms with Gasteiger partial charge >= 0.3 is 0 Å². The number of anilines is 1. The summed E-state index contributed by atoms with van der Waals surface area (Å²) < 4.78 is 1.90. The summed E-state index contributed by atoms with van der Waals surface area (Å²) in [4.78, 5) is 12.0. The molecule has 2 N–H and O–H groups in total. The summed E-state index contributed by atoms with van der Waals surface area (Å²) in [6.07, 6.45) is 7.46. The van der Waals surface area contributed by atoms with Crippen LogP contribution in [0, 0.1) is 5.92 Å². The summed E-state index contributed by atoms with van der Waals surface area (Å²) in [6.45, 7) is 0.758. The number of halogens is 2. The standard InChI is InChI=1S/C26H26Cl2N6/c27-18-7-5-17(6-8-18)25-23-24(32-34(25)22-4-2-1-3-21(22)28)26(31-15-30-23)33-19-9-10-20(33)14-16(13-19)11-12-29/h1-8,15-16,19-20H,9-14,29H2. The average molecular weight is 493 g/mol. The van der Waals surface area contributed by atoms with Crippen LogP contribution in [0.15, 0.2) is 54.9 Å². The first-order valence-corrected chi connectivity index (χ1v) is 12.6. The molecule has 4 heterocycles. The van der Waals surface area contributed by atoms with Gasteiger partial charge in [0.05, 0.1) is 10.7 Å². The number of para-hydroxylation sites is 1. The van der Waals surface area contributed by atoms with E-state index in [2.05, 4.69) is 4.90 Å². The van der Waals surface area contributed by atoms with Crippen LogP contribution in [-0.4, -0.2) is 38.4 Å². The molecule has 2 saturated heterocycles. The molecule has 0 saturated carbocycles. The Kier molecular flexibility index (Phi) is 5.68. The van der Waals surface area contributed by atoms with Crippen LogP contribution in [0.1, 0.15) is 32.1 Å². The number of benzene rings is 2. The maximum absolute atomic E-state index is 6.62. The van der Waals surface area contributed by atoms with Crippen molar-refractivity contribution < 1.29 is 0 Å². The largest absolute Gasteiger partial charge is 0.349 e. The fourth-order valence-electron chi connectivity index (χ4n) is 5.85. The molecule has 6 rings (SSSR count). The summed E-state index contributed by atoms with van der Waals surface area (Å²) in [7, 11) is 0. The lowest BCUT2D eigenvalue weighted by atomic mass is 9.88. The topological polar surface area (TPSA) is 72.9 Å². The molecule has 0 amide bonds. The lowest BCUT2D eigenvalue weighted by Gasteiger charge is -2.39. The maximum Gasteiger partial charge on any atom is 0.161 e. The Morgan fingerprint density at radius 3 is 2.35 bits per heavy atom. The van der Waals surface area contributed by atoms with E-state index in [4.69, 9.17) is 44.0 Å². The molecule has 2 fully saturated rings. The van der Waals surface area contributed by atoms with E-state index in [1.54, 1.807) is 6.33 Å². The van der Waals surface area contributed by atoms with Gasteiger partial charge < -0.3 is 10.6 Å². The highest BCUT2D eigenvalue weighted by Crippen LogP contribution is 2.44. The number of nitrogens with two attached hydrogens (primary N) is 1.